The summed E-state index contributed by atoms with van der Waals surface area (Å²) in [5, 5.41) is 0.482. The molecule has 1 heterocycles. The van der Waals surface area contributed by atoms with Crippen molar-refractivity contribution in [1.29, 1.82) is 0 Å². The van der Waals surface area contributed by atoms with Crippen molar-refractivity contribution in [1.82, 2.24) is 10.4 Å². The van der Waals surface area contributed by atoms with Crippen molar-refractivity contribution < 1.29 is 0 Å². The Hall–Kier alpha value is -1.42. The second-order valence-electron chi connectivity index (χ2n) is 4.37. The van der Waals surface area contributed by atoms with Crippen LogP contribution in [0.15, 0.2) is 36.5 Å². The largest absolute Gasteiger partial charge is 0.271 e. The molecule has 4 heteroatoms. The number of rotatable bonds is 3. The number of pyridine rings is 1. The molecule has 0 aliphatic rings. The van der Waals surface area contributed by atoms with Gasteiger partial charge in [-0.2, -0.15) is 0 Å². The lowest BCUT2D eigenvalue weighted by Crippen LogP contribution is -2.29. The van der Waals surface area contributed by atoms with Crippen molar-refractivity contribution in [3.8, 4) is 0 Å². The highest BCUT2D eigenvalue weighted by Crippen LogP contribution is 2.25. The summed E-state index contributed by atoms with van der Waals surface area (Å²) in [6.07, 6.45) is 1.74. The minimum Gasteiger partial charge on any atom is -0.271 e. The van der Waals surface area contributed by atoms with Crippen LogP contribution in [0, 0.1) is 13.8 Å². The summed E-state index contributed by atoms with van der Waals surface area (Å²) in [5.41, 5.74) is 7.41. The summed E-state index contributed by atoms with van der Waals surface area (Å²) >= 11 is 5.79. The van der Waals surface area contributed by atoms with Gasteiger partial charge in [-0.05, 0) is 36.6 Å². The number of hydrogen-bond acceptors (Lipinski definition) is 3. The number of aryl methyl sites for hydroxylation is 2. The Morgan fingerprint density at radius 1 is 1.22 bits per heavy atom. The van der Waals surface area contributed by atoms with Gasteiger partial charge in [0.25, 0.3) is 0 Å². The Morgan fingerprint density at radius 3 is 2.56 bits per heavy atom. The first-order valence-electron chi connectivity index (χ1n) is 5.76. The zero-order valence-electron chi connectivity index (χ0n) is 10.4. The standard InChI is InChI=1S/C14H16ClN3/c1-9-3-5-12(10(2)7-9)14(18-16)11-4-6-13(15)17-8-11/h3-8,14,18H,16H2,1-2H3. The molecule has 0 fully saturated rings. The third-order valence-corrected chi connectivity index (χ3v) is 3.21. The highest BCUT2D eigenvalue weighted by atomic mass is 35.5. The van der Waals surface area contributed by atoms with Crippen LogP contribution in [0.4, 0.5) is 0 Å². The van der Waals surface area contributed by atoms with Gasteiger partial charge >= 0.3 is 0 Å². The molecule has 0 saturated heterocycles. The molecule has 1 aromatic carbocycles. The average Bonchev–Trinajstić information content (AvgIpc) is 2.35. The predicted octanol–water partition coefficient (Wildman–Crippen LogP) is 2.90. The van der Waals surface area contributed by atoms with Gasteiger partial charge in [0.15, 0.2) is 0 Å². The summed E-state index contributed by atoms with van der Waals surface area (Å²) in [7, 11) is 0. The maximum Gasteiger partial charge on any atom is 0.129 e. The molecule has 0 spiro atoms. The second kappa shape index (κ2) is 5.48. The second-order valence-corrected chi connectivity index (χ2v) is 4.76. The Balaban J connectivity index is 2.41. The molecule has 1 unspecified atom stereocenters. The number of nitrogens with zero attached hydrogens (tertiary/aromatic N) is 1. The average molecular weight is 262 g/mol. The van der Waals surface area contributed by atoms with E-state index in [9.17, 15) is 0 Å². The SMILES string of the molecule is Cc1ccc(C(NN)c2ccc(Cl)nc2)c(C)c1. The lowest BCUT2D eigenvalue weighted by Gasteiger charge is -2.19. The Kier molecular flexibility index (Phi) is 3.97. The minimum atomic E-state index is -0.0737. The van der Waals surface area contributed by atoms with Crippen molar-refractivity contribution in [3.05, 3.63) is 63.9 Å². The first-order valence-corrected chi connectivity index (χ1v) is 6.14. The van der Waals surface area contributed by atoms with Gasteiger partial charge in [-0.1, -0.05) is 41.4 Å². The van der Waals surface area contributed by atoms with Crippen LogP contribution >= 0.6 is 11.6 Å². The number of halogens is 1. The summed E-state index contributed by atoms with van der Waals surface area (Å²) in [6, 6.07) is 9.93. The quantitative estimate of drug-likeness (QED) is 0.507. The summed E-state index contributed by atoms with van der Waals surface area (Å²) in [5.74, 6) is 5.67. The lowest BCUT2D eigenvalue weighted by atomic mass is 9.95. The summed E-state index contributed by atoms with van der Waals surface area (Å²) in [6.45, 7) is 4.15. The Morgan fingerprint density at radius 2 is 2.00 bits per heavy atom. The first kappa shape index (κ1) is 13.0. The molecule has 2 aromatic rings. The van der Waals surface area contributed by atoms with Gasteiger partial charge in [0, 0.05) is 6.20 Å². The zero-order valence-corrected chi connectivity index (χ0v) is 11.2. The molecule has 0 bridgehead atoms. The van der Waals surface area contributed by atoms with Crippen LogP contribution in [0.2, 0.25) is 5.15 Å². The molecular formula is C14H16ClN3. The highest BCUT2D eigenvalue weighted by Gasteiger charge is 2.14. The molecule has 1 atom stereocenters. The number of hydrogen-bond donors (Lipinski definition) is 2. The monoisotopic (exact) mass is 261 g/mol. The summed E-state index contributed by atoms with van der Waals surface area (Å²) in [4.78, 5) is 4.09. The lowest BCUT2D eigenvalue weighted by molar-refractivity contribution is 0.631. The van der Waals surface area contributed by atoms with E-state index >= 15 is 0 Å². The third-order valence-electron chi connectivity index (χ3n) is 2.99. The molecule has 0 radical (unpaired) electrons. The molecule has 1 aromatic heterocycles. The van der Waals surface area contributed by atoms with Crippen LogP contribution in [0.3, 0.4) is 0 Å². The number of benzene rings is 1. The summed E-state index contributed by atoms with van der Waals surface area (Å²) < 4.78 is 0. The maximum absolute atomic E-state index is 5.79. The van der Waals surface area contributed by atoms with E-state index in [1.54, 1.807) is 12.3 Å². The van der Waals surface area contributed by atoms with E-state index in [1.165, 1.54) is 11.1 Å². The fourth-order valence-corrected chi connectivity index (χ4v) is 2.18. The number of nitrogens with two attached hydrogens (primary N) is 1. The normalized spacial score (nSPS) is 12.4. The minimum absolute atomic E-state index is 0.0737. The molecule has 0 aliphatic heterocycles. The fraction of sp³-hybridized carbons (Fsp3) is 0.214. The van der Waals surface area contributed by atoms with Crippen molar-refractivity contribution >= 4 is 11.6 Å². The third kappa shape index (κ3) is 2.70. The van der Waals surface area contributed by atoms with E-state index in [4.69, 9.17) is 17.4 Å². The van der Waals surface area contributed by atoms with Gasteiger partial charge in [-0.25, -0.2) is 10.4 Å². The number of nitrogens with one attached hydrogen (secondary N) is 1. The Bertz CT molecular complexity index is 537. The van der Waals surface area contributed by atoms with E-state index in [-0.39, 0.29) is 6.04 Å². The van der Waals surface area contributed by atoms with Crippen LogP contribution in [-0.2, 0) is 0 Å². The fourth-order valence-electron chi connectivity index (χ4n) is 2.07. The maximum atomic E-state index is 5.79. The molecule has 3 nitrogen and oxygen atoms in total. The molecular weight excluding hydrogens is 246 g/mol. The number of hydrazine groups is 1. The van der Waals surface area contributed by atoms with E-state index in [1.807, 2.05) is 6.07 Å². The smallest absolute Gasteiger partial charge is 0.129 e. The molecule has 94 valence electrons. The van der Waals surface area contributed by atoms with E-state index < -0.39 is 0 Å². The van der Waals surface area contributed by atoms with Gasteiger partial charge in [0.1, 0.15) is 5.15 Å². The van der Waals surface area contributed by atoms with Crippen molar-refractivity contribution in [2.45, 2.75) is 19.9 Å². The Labute approximate surface area is 112 Å². The van der Waals surface area contributed by atoms with E-state index in [2.05, 4.69) is 42.5 Å². The first-order chi connectivity index (χ1) is 8.61. The molecule has 2 rings (SSSR count). The van der Waals surface area contributed by atoms with E-state index in [0.717, 1.165) is 11.1 Å². The van der Waals surface area contributed by atoms with Crippen molar-refractivity contribution in [2.75, 3.05) is 0 Å². The van der Waals surface area contributed by atoms with Gasteiger partial charge in [0.2, 0.25) is 0 Å². The van der Waals surface area contributed by atoms with Crippen LogP contribution in [0.25, 0.3) is 0 Å². The molecule has 18 heavy (non-hydrogen) atoms. The van der Waals surface area contributed by atoms with Crippen LogP contribution in [-0.4, -0.2) is 4.98 Å². The van der Waals surface area contributed by atoms with Gasteiger partial charge in [-0.15, -0.1) is 0 Å². The number of aromatic nitrogens is 1. The topological polar surface area (TPSA) is 50.9 Å². The van der Waals surface area contributed by atoms with Crippen LogP contribution in [0.5, 0.6) is 0 Å². The molecule has 0 aliphatic carbocycles. The van der Waals surface area contributed by atoms with Crippen LogP contribution in [0.1, 0.15) is 28.3 Å². The zero-order chi connectivity index (χ0) is 13.1. The highest BCUT2D eigenvalue weighted by molar-refractivity contribution is 6.29. The van der Waals surface area contributed by atoms with Crippen LogP contribution < -0.4 is 11.3 Å². The van der Waals surface area contributed by atoms with Crippen molar-refractivity contribution in [2.24, 2.45) is 5.84 Å². The van der Waals surface area contributed by atoms with Gasteiger partial charge in [0.05, 0.1) is 6.04 Å². The van der Waals surface area contributed by atoms with Crippen molar-refractivity contribution in [3.63, 3.8) is 0 Å². The predicted molar refractivity (Wildman–Crippen MR) is 74.3 cm³/mol. The molecule has 0 amide bonds. The van der Waals surface area contributed by atoms with Gasteiger partial charge < -0.3 is 0 Å². The molecule has 3 N–H and O–H groups in total. The van der Waals surface area contributed by atoms with E-state index in [0.29, 0.717) is 5.15 Å². The van der Waals surface area contributed by atoms with Gasteiger partial charge in [-0.3, -0.25) is 5.84 Å². The molecule has 0 saturated carbocycles.